The summed E-state index contributed by atoms with van der Waals surface area (Å²) in [6.07, 6.45) is 75.8. The molecule has 0 aromatic heterocycles. The van der Waals surface area contributed by atoms with Gasteiger partial charge in [0.1, 0.15) is 13.2 Å². The summed E-state index contributed by atoms with van der Waals surface area (Å²) in [4.78, 5) is 38.3. The minimum absolute atomic E-state index is 0.0736. The number of esters is 3. The lowest BCUT2D eigenvalue weighted by atomic mass is 10.1. The number of hydrogen-bond donors (Lipinski definition) is 0. The van der Waals surface area contributed by atoms with Crippen molar-refractivity contribution in [1.82, 2.24) is 0 Å². The molecule has 73 heavy (non-hydrogen) atoms. The summed E-state index contributed by atoms with van der Waals surface area (Å²) in [6.45, 7) is 6.68. The van der Waals surface area contributed by atoms with Crippen LogP contribution >= 0.6 is 0 Å². The van der Waals surface area contributed by atoms with E-state index in [1.807, 2.05) is 0 Å². The molecule has 0 aromatic carbocycles. The molecule has 1 unspecified atom stereocenters. The van der Waals surface area contributed by atoms with Crippen molar-refractivity contribution in [3.05, 3.63) is 36.5 Å². The molecule has 0 rings (SSSR count). The van der Waals surface area contributed by atoms with Crippen LogP contribution in [0.1, 0.15) is 355 Å². The molecule has 6 heteroatoms. The zero-order valence-corrected chi connectivity index (χ0v) is 49.2. The summed E-state index contributed by atoms with van der Waals surface area (Å²) in [7, 11) is 0. The van der Waals surface area contributed by atoms with Crippen LogP contribution in [0.5, 0.6) is 0 Å². The van der Waals surface area contributed by atoms with Crippen LogP contribution in [-0.4, -0.2) is 37.2 Å². The summed E-state index contributed by atoms with van der Waals surface area (Å²) in [6, 6.07) is 0. The van der Waals surface area contributed by atoms with Crippen molar-refractivity contribution in [2.45, 2.75) is 361 Å². The molecule has 1 atom stereocenters. The minimum Gasteiger partial charge on any atom is -0.462 e. The SMILES string of the molecule is CCCCCCCC/C=C\CCCCCCCCCCCC(=O)OC(COC(=O)CCCCCCC/C=C\CCCCCCCC)COC(=O)CCCCCCCCCCC/C=C\CCCCCCCCCC. The van der Waals surface area contributed by atoms with Gasteiger partial charge in [-0.25, -0.2) is 0 Å². The third-order valence-corrected chi connectivity index (χ3v) is 14.6. The Labute approximate surface area is 455 Å². The van der Waals surface area contributed by atoms with E-state index in [9.17, 15) is 14.4 Å². The van der Waals surface area contributed by atoms with Crippen molar-refractivity contribution in [1.29, 1.82) is 0 Å². The Hall–Kier alpha value is -2.37. The van der Waals surface area contributed by atoms with Crippen LogP contribution in [0.4, 0.5) is 0 Å². The van der Waals surface area contributed by atoms with Crippen molar-refractivity contribution in [2.75, 3.05) is 13.2 Å². The van der Waals surface area contributed by atoms with E-state index in [0.29, 0.717) is 19.3 Å². The monoisotopic (exact) mass is 1020 g/mol. The Bertz CT molecular complexity index is 1220. The van der Waals surface area contributed by atoms with Crippen LogP contribution in [0, 0.1) is 0 Å². The lowest BCUT2D eigenvalue weighted by Gasteiger charge is -2.18. The quantitative estimate of drug-likeness (QED) is 0.0261. The Morgan fingerprint density at radius 3 is 0.685 bits per heavy atom. The fourth-order valence-electron chi connectivity index (χ4n) is 9.67. The van der Waals surface area contributed by atoms with Gasteiger partial charge in [0.25, 0.3) is 0 Å². The number of allylic oxidation sites excluding steroid dienone is 6. The highest BCUT2D eigenvalue weighted by atomic mass is 16.6. The molecular formula is C67H124O6. The number of hydrogen-bond acceptors (Lipinski definition) is 6. The van der Waals surface area contributed by atoms with Gasteiger partial charge >= 0.3 is 17.9 Å². The van der Waals surface area contributed by atoms with Gasteiger partial charge in [0.2, 0.25) is 0 Å². The molecule has 428 valence electrons. The molecular weight excluding hydrogens is 901 g/mol. The third kappa shape index (κ3) is 60.4. The van der Waals surface area contributed by atoms with Crippen molar-refractivity contribution >= 4 is 17.9 Å². The maximum Gasteiger partial charge on any atom is 0.306 e. The molecule has 0 aromatic rings. The standard InChI is InChI=1S/C67H124O6/c1-4-7-10-13-16-19-22-25-28-30-32-33-35-36-39-42-45-48-51-54-57-60-66(69)72-63-64(62-71-65(68)59-56-53-50-47-44-41-38-27-24-21-18-15-12-9-6-3)73-67(70)61-58-55-52-49-46-43-40-37-34-31-29-26-23-20-17-14-11-8-5-2/h26-27,29-30,32,38,64H,4-25,28,31,33-37,39-63H2,1-3H3/b29-26-,32-30-,38-27-. The van der Waals surface area contributed by atoms with E-state index in [1.165, 1.54) is 250 Å². The molecule has 0 amide bonds. The fourth-order valence-corrected chi connectivity index (χ4v) is 9.67. The Morgan fingerprint density at radius 2 is 0.452 bits per heavy atom. The molecule has 6 nitrogen and oxygen atoms in total. The van der Waals surface area contributed by atoms with Gasteiger partial charge in [0.05, 0.1) is 0 Å². The summed E-state index contributed by atoms with van der Waals surface area (Å²) in [5.41, 5.74) is 0. The molecule has 0 heterocycles. The van der Waals surface area contributed by atoms with Crippen LogP contribution in [0.3, 0.4) is 0 Å². The molecule has 0 N–H and O–H groups in total. The number of carbonyl (C=O) groups is 3. The maximum absolute atomic E-state index is 12.9. The van der Waals surface area contributed by atoms with E-state index in [-0.39, 0.29) is 31.1 Å². The highest BCUT2D eigenvalue weighted by molar-refractivity contribution is 5.71. The molecule has 0 aliphatic rings. The number of unbranched alkanes of at least 4 members (excludes halogenated alkanes) is 43. The summed E-state index contributed by atoms with van der Waals surface area (Å²) in [5, 5.41) is 0. The Morgan fingerprint density at radius 1 is 0.260 bits per heavy atom. The third-order valence-electron chi connectivity index (χ3n) is 14.6. The Balaban J connectivity index is 4.33. The summed E-state index contributed by atoms with van der Waals surface area (Å²) >= 11 is 0. The van der Waals surface area contributed by atoms with Gasteiger partial charge in [-0.2, -0.15) is 0 Å². The second kappa shape index (κ2) is 62.2. The first-order valence-electron chi connectivity index (χ1n) is 32.5. The van der Waals surface area contributed by atoms with Crippen LogP contribution in [0.2, 0.25) is 0 Å². The second-order valence-electron chi connectivity index (χ2n) is 22.0. The van der Waals surface area contributed by atoms with Crippen molar-refractivity contribution in [3.8, 4) is 0 Å². The number of carbonyl (C=O) groups excluding carboxylic acids is 3. The lowest BCUT2D eigenvalue weighted by molar-refractivity contribution is -0.167. The predicted molar refractivity (Wildman–Crippen MR) is 316 cm³/mol. The number of ether oxygens (including phenoxy) is 3. The zero-order valence-electron chi connectivity index (χ0n) is 49.2. The van der Waals surface area contributed by atoms with Gasteiger partial charge in [0.15, 0.2) is 6.10 Å². The maximum atomic E-state index is 12.9. The molecule has 0 bridgehead atoms. The van der Waals surface area contributed by atoms with Crippen LogP contribution < -0.4 is 0 Å². The average molecular weight is 1030 g/mol. The van der Waals surface area contributed by atoms with Gasteiger partial charge in [-0.05, 0) is 96.3 Å². The molecule has 0 saturated heterocycles. The second-order valence-corrected chi connectivity index (χ2v) is 22.0. The lowest BCUT2D eigenvalue weighted by Crippen LogP contribution is -2.30. The van der Waals surface area contributed by atoms with Crippen LogP contribution in [-0.2, 0) is 28.6 Å². The van der Waals surface area contributed by atoms with Gasteiger partial charge in [-0.3, -0.25) is 14.4 Å². The molecule has 0 aliphatic heterocycles. The molecule has 0 fully saturated rings. The van der Waals surface area contributed by atoms with E-state index >= 15 is 0 Å². The van der Waals surface area contributed by atoms with E-state index in [4.69, 9.17) is 14.2 Å². The van der Waals surface area contributed by atoms with Crippen molar-refractivity contribution in [3.63, 3.8) is 0 Å². The highest BCUT2D eigenvalue weighted by Crippen LogP contribution is 2.17. The highest BCUT2D eigenvalue weighted by Gasteiger charge is 2.19. The van der Waals surface area contributed by atoms with Crippen molar-refractivity contribution in [2.24, 2.45) is 0 Å². The van der Waals surface area contributed by atoms with E-state index < -0.39 is 6.10 Å². The largest absolute Gasteiger partial charge is 0.462 e. The number of rotatable bonds is 60. The first kappa shape index (κ1) is 70.6. The topological polar surface area (TPSA) is 78.9 Å². The summed E-state index contributed by atoms with van der Waals surface area (Å²) < 4.78 is 16.9. The van der Waals surface area contributed by atoms with Gasteiger partial charge < -0.3 is 14.2 Å². The van der Waals surface area contributed by atoms with E-state index in [2.05, 4.69) is 57.2 Å². The van der Waals surface area contributed by atoms with E-state index in [0.717, 1.165) is 64.2 Å². The summed E-state index contributed by atoms with van der Waals surface area (Å²) in [5.74, 6) is -0.864. The zero-order chi connectivity index (χ0) is 52.9. The molecule has 0 spiro atoms. The average Bonchev–Trinajstić information content (AvgIpc) is 3.39. The molecule has 0 radical (unpaired) electrons. The molecule has 0 saturated carbocycles. The predicted octanol–water partition coefficient (Wildman–Crippen LogP) is 22.0. The van der Waals surface area contributed by atoms with Crippen LogP contribution in [0.15, 0.2) is 36.5 Å². The van der Waals surface area contributed by atoms with Gasteiger partial charge in [-0.15, -0.1) is 0 Å². The van der Waals surface area contributed by atoms with Crippen molar-refractivity contribution < 1.29 is 28.6 Å². The first-order valence-corrected chi connectivity index (χ1v) is 32.5. The smallest absolute Gasteiger partial charge is 0.306 e. The first-order chi connectivity index (χ1) is 36.0. The fraction of sp³-hybridized carbons (Fsp3) is 0.866. The normalized spacial score (nSPS) is 12.2. The van der Waals surface area contributed by atoms with Gasteiger partial charge in [-0.1, -0.05) is 276 Å². The van der Waals surface area contributed by atoms with Gasteiger partial charge in [0, 0.05) is 19.3 Å². The Kier molecular flexibility index (Phi) is 60.2. The minimum atomic E-state index is -0.777. The van der Waals surface area contributed by atoms with E-state index in [1.54, 1.807) is 0 Å². The molecule has 0 aliphatic carbocycles. The van der Waals surface area contributed by atoms with Crippen LogP contribution in [0.25, 0.3) is 0 Å².